The van der Waals surface area contributed by atoms with Gasteiger partial charge in [0, 0.05) is 29.3 Å². The zero-order chi connectivity index (χ0) is 10.7. The summed E-state index contributed by atoms with van der Waals surface area (Å²) in [5.74, 6) is 0. The lowest BCUT2D eigenvalue weighted by molar-refractivity contribution is 0.630. The van der Waals surface area contributed by atoms with Crippen LogP contribution in [0.5, 0.6) is 0 Å². The van der Waals surface area contributed by atoms with Gasteiger partial charge in [0.2, 0.25) is 0 Å². The largest absolute Gasteiger partial charge is 0.368 e. The fourth-order valence-electron chi connectivity index (χ4n) is 2.03. The summed E-state index contributed by atoms with van der Waals surface area (Å²) >= 11 is 3.47. The van der Waals surface area contributed by atoms with Crippen LogP contribution in [0.3, 0.4) is 0 Å². The fraction of sp³-hybridized carbons (Fsp3) is 0.500. The molecule has 15 heavy (non-hydrogen) atoms. The minimum absolute atomic E-state index is 0.577. The highest BCUT2D eigenvalue weighted by Crippen LogP contribution is 2.21. The molecule has 1 fully saturated rings. The molecule has 1 aliphatic rings. The molecule has 1 aliphatic heterocycles. The second kappa shape index (κ2) is 4.99. The van der Waals surface area contributed by atoms with Gasteiger partial charge >= 0.3 is 0 Å². The minimum atomic E-state index is 0.577. The molecule has 0 saturated carbocycles. The lowest BCUT2D eigenvalue weighted by atomic mass is 10.2. The smallest absolute Gasteiger partial charge is 0.0386 e. The summed E-state index contributed by atoms with van der Waals surface area (Å²) in [6.07, 6.45) is 1.22. The Bertz CT molecular complexity index is 310. The maximum absolute atomic E-state index is 3.47. The maximum atomic E-state index is 3.47. The van der Waals surface area contributed by atoms with E-state index in [1.54, 1.807) is 0 Å². The van der Waals surface area contributed by atoms with Crippen molar-refractivity contribution >= 4 is 21.6 Å². The summed E-state index contributed by atoms with van der Waals surface area (Å²) in [6, 6.07) is 9.17. The van der Waals surface area contributed by atoms with Crippen LogP contribution < -0.4 is 10.2 Å². The number of nitrogens with zero attached hydrogens (tertiary/aromatic N) is 1. The van der Waals surface area contributed by atoms with E-state index in [2.05, 4.69) is 57.3 Å². The zero-order valence-corrected chi connectivity index (χ0v) is 10.6. The van der Waals surface area contributed by atoms with Crippen LogP contribution in [-0.2, 0) is 0 Å². The molecule has 1 aromatic carbocycles. The number of nitrogens with one attached hydrogen (secondary N) is 1. The Morgan fingerprint density at radius 2 is 2.07 bits per heavy atom. The summed E-state index contributed by atoms with van der Waals surface area (Å²) in [4.78, 5) is 2.48. The highest BCUT2D eigenvalue weighted by molar-refractivity contribution is 9.10. The first-order valence-electron chi connectivity index (χ1n) is 5.50. The average Bonchev–Trinajstić information content (AvgIpc) is 2.44. The van der Waals surface area contributed by atoms with Crippen molar-refractivity contribution in [3.8, 4) is 0 Å². The molecule has 1 heterocycles. The van der Waals surface area contributed by atoms with Gasteiger partial charge in [-0.3, -0.25) is 0 Å². The van der Waals surface area contributed by atoms with E-state index >= 15 is 0 Å². The van der Waals surface area contributed by atoms with E-state index in [1.165, 1.54) is 12.1 Å². The van der Waals surface area contributed by atoms with Gasteiger partial charge in [-0.05, 0) is 44.2 Å². The summed E-state index contributed by atoms with van der Waals surface area (Å²) < 4.78 is 1.15. The van der Waals surface area contributed by atoms with E-state index in [0.717, 1.165) is 24.1 Å². The third kappa shape index (κ3) is 2.73. The van der Waals surface area contributed by atoms with Crippen LogP contribution in [0.15, 0.2) is 28.7 Å². The van der Waals surface area contributed by atoms with Gasteiger partial charge in [0.1, 0.15) is 0 Å². The normalized spacial score (nSPS) is 22.5. The van der Waals surface area contributed by atoms with Crippen molar-refractivity contribution in [2.24, 2.45) is 0 Å². The summed E-state index contributed by atoms with van der Waals surface area (Å²) in [7, 11) is 0. The Hall–Kier alpha value is -0.540. The monoisotopic (exact) mass is 268 g/mol. The van der Waals surface area contributed by atoms with Crippen molar-refractivity contribution in [2.75, 3.05) is 24.5 Å². The molecule has 0 aromatic heterocycles. The van der Waals surface area contributed by atoms with E-state index in [0.29, 0.717) is 6.04 Å². The van der Waals surface area contributed by atoms with Crippen LogP contribution in [0.2, 0.25) is 0 Å². The standard InChI is InChI=1S/C12H17BrN2/c1-10-9-14-7-2-8-15(10)12-5-3-11(13)4-6-12/h3-6,10,14H,2,7-9H2,1H3. The zero-order valence-electron chi connectivity index (χ0n) is 9.04. The van der Waals surface area contributed by atoms with Crippen molar-refractivity contribution in [2.45, 2.75) is 19.4 Å². The highest BCUT2D eigenvalue weighted by Gasteiger charge is 2.16. The van der Waals surface area contributed by atoms with Crippen LogP contribution in [0.1, 0.15) is 13.3 Å². The van der Waals surface area contributed by atoms with Gasteiger partial charge in [0.15, 0.2) is 0 Å². The van der Waals surface area contributed by atoms with E-state index in [1.807, 2.05) is 0 Å². The molecule has 0 bridgehead atoms. The van der Waals surface area contributed by atoms with E-state index in [9.17, 15) is 0 Å². The Balaban J connectivity index is 2.16. The van der Waals surface area contributed by atoms with Gasteiger partial charge < -0.3 is 10.2 Å². The molecule has 1 unspecified atom stereocenters. The summed E-state index contributed by atoms with van der Waals surface area (Å²) in [5, 5.41) is 3.46. The summed E-state index contributed by atoms with van der Waals surface area (Å²) in [6.45, 7) is 5.64. The molecule has 0 radical (unpaired) electrons. The van der Waals surface area contributed by atoms with Gasteiger partial charge in [-0.1, -0.05) is 15.9 Å². The minimum Gasteiger partial charge on any atom is -0.368 e. The first-order valence-corrected chi connectivity index (χ1v) is 6.29. The molecule has 2 nitrogen and oxygen atoms in total. The third-order valence-corrected chi connectivity index (χ3v) is 3.41. The topological polar surface area (TPSA) is 15.3 Å². The van der Waals surface area contributed by atoms with Crippen LogP contribution >= 0.6 is 15.9 Å². The molecule has 2 rings (SSSR count). The predicted molar refractivity (Wildman–Crippen MR) is 68.4 cm³/mol. The number of hydrogen-bond donors (Lipinski definition) is 1. The maximum Gasteiger partial charge on any atom is 0.0386 e. The van der Waals surface area contributed by atoms with Crippen LogP contribution in [0.25, 0.3) is 0 Å². The molecular formula is C12H17BrN2. The molecule has 82 valence electrons. The van der Waals surface area contributed by atoms with Gasteiger partial charge in [0.05, 0.1) is 0 Å². The Morgan fingerprint density at radius 3 is 2.80 bits per heavy atom. The molecular weight excluding hydrogens is 252 g/mol. The van der Waals surface area contributed by atoms with Gasteiger partial charge in [-0.15, -0.1) is 0 Å². The van der Waals surface area contributed by atoms with Crippen LogP contribution in [0, 0.1) is 0 Å². The van der Waals surface area contributed by atoms with Crippen molar-refractivity contribution in [3.63, 3.8) is 0 Å². The predicted octanol–water partition coefficient (Wildman–Crippen LogP) is 2.64. The lowest BCUT2D eigenvalue weighted by Gasteiger charge is -2.29. The van der Waals surface area contributed by atoms with E-state index < -0.39 is 0 Å². The fourth-order valence-corrected chi connectivity index (χ4v) is 2.30. The van der Waals surface area contributed by atoms with Crippen molar-refractivity contribution < 1.29 is 0 Å². The van der Waals surface area contributed by atoms with Gasteiger partial charge in [-0.2, -0.15) is 0 Å². The lowest BCUT2D eigenvalue weighted by Crippen LogP contribution is -2.37. The van der Waals surface area contributed by atoms with E-state index in [-0.39, 0.29) is 0 Å². The van der Waals surface area contributed by atoms with E-state index in [4.69, 9.17) is 0 Å². The van der Waals surface area contributed by atoms with Crippen LogP contribution in [-0.4, -0.2) is 25.7 Å². The van der Waals surface area contributed by atoms with Crippen molar-refractivity contribution in [1.82, 2.24) is 5.32 Å². The molecule has 3 heteroatoms. The highest BCUT2D eigenvalue weighted by atomic mass is 79.9. The summed E-state index contributed by atoms with van der Waals surface area (Å²) in [5.41, 5.74) is 1.33. The molecule has 0 amide bonds. The first-order chi connectivity index (χ1) is 7.27. The number of hydrogen-bond acceptors (Lipinski definition) is 2. The SMILES string of the molecule is CC1CNCCCN1c1ccc(Br)cc1. The number of benzene rings is 1. The Labute approximate surface area is 99.8 Å². The average molecular weight is 269 g/mol. The molecule has 1 N–H and O–H groups in total. The second-order valence-electron chi connectivity index (χ2n) is 4.08. The molecule has 1 atom stereocenters. The number of halogens is 1. The Kier molecular flexibility index (Phi) is 3.65. The molecule has 1 saturated heterocycles. The van der Waals surface area contributed by atoms with Gasteiger partial charge in [0.25, 0.3) is 0 Å². The van der Waals surface area contributed by atoms with Crippen LogP contribution in [0.4, 0.5) is 5.69 Å². The third-order valence-electron chi connectivity index (χ3n) is 2.88. The second-order valence-corrected chi connectivity index (χ2v) is 4.99. The molecule has 0 aliphatic carbocycles. The molecule has 1 aromatic rings. The quantitative estimate of drug-likeness (QED) is 0.843. The first kappa shape index (κ1) is 11.0. The van der Waals surface area contributed by atoms with Crippen molar-refractivity contribution in [3.05, 3.63) is 28.7 Å². The van der Waals surface area contributed by atoms with Gasteiger partial charge in [-0.25, -0.2) is 0 Å². The number of rotatable bonds is 1. The number of anilines is 1. The molecule has 0 spiro atoms. The Morgan fingerprint density at radius 1 is 1.33 bits per heavy atom. The van der Waals surface area contributed by atoms with Crippen molar-refractivity contribution in [1.29, 1.82) is 0 Å².